The minimum atomic E-state index is -0.484. The molecule has 1 saturated heterocycles. The molecule has 0 radical (unpaired) electrons. The van der Waals surface area contributed by atoms with E-state index in [1.165, 1.54) is 24.5 Å². The van der Waals surface area contributed by atoms with Crippen LogP contribution in [0.4, 0.5) is 16.2 Å². The van der Waals surface area contributed by atoms with Gasteiger partial charge in [0.05, 0.1) is 6.20 Å². The van der Waals surface area contributed by atoms with E-state index in [2.05, 4.69) is 38.1 Å². The van der Waals surface area contributed by atoms with Crippen molar-refractivity contribution in [2.75, 3.05) is 25.0 Å². The third-order valence-corrected chi connectivity index (χ3v) is 5.11. The van der Waals surface area contributed by atoms with Crippen LogP contribution >= 0.6 is 0 Å². The molecule has 0 atom stereocenters. The van der Waals surface area contributed by atoms with Crippen LogP contribution in [0.25, 0.3) is 6.08 Å². The van der Waals surface area contributed by atoms with Crippen LogP contribution < -0.4 is 10.6 Å². The quantitative estimate of drug-likeness (QED) is 0.841. The third-order valence-electron chi connectivity index (χ3n) is 5.11. The molecule has 0 aliphatic carbocycles. The fourth-order valence-electron chi connectivity index (χ4n) is 3.69. The van der Waals surface area contributed by atoms with Crippen molar-refractivity contribution in [3.8, 4) is 0 Å². The summed E-state index contributed by atoms with van der Waals surface area (Å²) in [6.07, 6.45) is 5.89. The molecule has 2 aliphatic heterocycles. The SMILES string of the molecule is C=Cc1nc(Nc2ccc3c(n2)CCN(C2CCNCC2)C3)ncc1F.CC. The molecule has 2 aliphatic rings. The third kappa shape index (κ3) is 4.72. The normalized spacial score (nSPS) is 17.2. The van der Waals surface area contributed by atoms with Crippen LogP contribution in [0.5, 0.6) is 0 Å². The number of nitrogens with one attached hydrogen (secondary N) is 2. The fraction of sp³-hybridized carbons (Fsp3) is 0.476. The van der Waals surface area contributed by atoms with Crippen molar-refractivity contribution in [3.05, 3.63) is 47.7 Å². The van der Waals surface area contributed by atoms with Gasteiger partial charge < -0.3 is 10.6 Å². The van der Waals surface area contributed by atoms with Crippen LogP contribution in [-0.4, -0.2) is 45.5 Å². The molecule has 0 aromatic carbocycles. The molecule has 2 N–H and O–H groups in total. The van der Waals surface area contributed by atoms with E-state index < -0.39 is 5.82 Å². The molecule has 6 nitrogen and oxygen atoms in total. The lowest BCUT2D eigenvalue weighted by molar-refractivity contribution is 0.146. The molecule has 2 aromatic heterocycles. The molecule has 28 heavy (non-hydrogen) atoms. The maximum Gasteiger partial charge on any atom is 0.229 e. The highest BCUT2D eigenvalue weighted by Crippen LogP contribution is 2.24. The number of pyridine rings is 1. The number of piperidine rings is 1. The van der Waals surface area contributed by atoms with Crippen LogP contribution in [0, 0.1) is 5.82 Å². The molecular weight excluding hydrogens is 355 g/mol. The largest absolute Gasteiger partial charge is 0.317 e. The monoisotopic (exact) mass is 384 g/mol. The summed E-state index contributed by atoms with van der Waals surface area (Å²) in [6.45, 7) is 11.8. The van der Waals surface area contributed by atoms with Crippen LogP contribution in [0.15, 0.2) is 24.9 Å². The lowest BCUT2D eigenvalue weighted by Crippen LogP contribution is -2.45. The van der Waals surface area contributed by atoms with E-state index in [4.69, 9.17) is 4.98 Å². The first-order valence-corrected chi connectivity index (χ1v) is 10.1. The van der Waals surface area contributed by atoms with Gasteiger partial charge in [0.25, 0.3) is 0 Å². The van der Waals surface area contributed by atoms with E-state index in [9.17, 15) is 4.39 Å². The second-order valence-corrected chi connectivity index (χ2v) is 6.76. The fourth-order valence-corrected chi connectivity index (χ4v) is 3.69. The first kappa shape index (κ1) is 20.4. The van der Waals surface area contributed by atoms with E-state index in [0.29, 0.717) is 17.8 Å². The Bertz CT molecular complexity index is 803. The van der Waals surface area contributed by atoms with Gasteiger partial charge >= 0.3 is 0 Å². The van der Waals surface area contributed by atoms with Gasteiger partial charge in [0, 0.05) is 31.2 Å². The van der Waals surface area contributed by atoms with Gasteiger partial charge in [-0.1, -0.05) is 26.5 Å². The van der Waals surface area contributed by atoms with Crippen molar-refractivity contribution in [1.82, 2.24) is 25.2 Å². The standard InChI is InChI=1S/C19H23FN6.C2H6/c1-2-16-15(20)11-22-19(24-16)25-18-4-3-13-12-26(10-7-17(13)23-18)14-5-8-21-9-6-14;1-2/h2-4,11,14,21H,1,5-10,12H2,(H,22,23,24,25);1-2H3. The Balaban J connectivity index is 0.00000109. The summed E-state index contributed by atoms with van der Waals surface area (Å²) >= 11 is 0. The van der Waals surface area contributed by atoms with Crippen molar-refractivity contribution < 1.29 is 4.39 Å². The first-order chi connectivity index (χ1) is 13.7. The van der Waals surface area contributed by atoms with Crippen LogP contribution in [-0.2, 0) is 13.0 Å². The molecule has 0 unspecified atom stereocenters. The molecular formula is C21H29FN6. The molecule has 1 fully saturated rings. The van der Waals surface area contributed by atoms with Crippen molar-refractivity contribution in [2.24, 2.45) is 0 Å². The van der Waals surface area contributed by atoms with Crippen molar-refractivity contribution in [3.63, 3.8) is 0 Å². The Hall–Kier alpha value is -2.38. The number of rotatable bonds is 4. The number of halogens is 1. The summed E-state index contributed by atoms with van der Waals surface area (Å²) in [5, 5.41) is 6.49. The number of aromatic nitrogens is 3. The van der Waals surface area contributed by atoms with E-state index in [-0.39, 0.29) is 5.69 Å². The zero-order valence-corrected chi connectivity index (χ0v) is 16.7. The zero-order valence-electron chi connectivity index (χ0n) is 16.7. The molecule has 0 bridgehead atoms. The number of hydrogen-bond acceptors (Lipinski definition) is 6. The topological polar surface area (TPSA) is 66.0 Å². The summed E-state index contributed by atoms with van der Waals surface area (Å²) < 4.78 is 13.5. The van der Waals surface area contributed by atoms with E-state index in [1.54, 1.807) is 0 Å². The van der Waals surface area contributed by atoms with Crippen LogP contribution in [0.2, 0.25) is 0 Å². The number of hydrogen-bond donors (Lipinski definition) is 2. The van der Waals surface area contributed by atoms with Gasteiger partial charge in [-0.3, -0.25) is 4.90 Å². The maximum atomic E-state index is 13.5. The second kappa shape index (κ2) is 9.71. The first-order valence-electron chi connectivity index (χ1n) is 10.1. The summed E-state index contributed by atoms with van der Waals surface area (Å²) in [4.78, 5) is 15.4. The minimum Gasteiger partial charge on any atom is -0.317 e. The maximum absolute atomic E-state index is 13.5. The summed E-state index contributed by atoms with van der Waals surface area (Å²) in [5.41, 5.74) is 2.58. The molecule has 150 valence electrons. The lowest BCUT2D eigenvalue weighted by Gasteiger charge is -2.37. The smallest absolute Gasteiger partial charge is 0.229 e. The summed E-state index contributed by atoms with van der Waals surface area (Å²) in [6, 6.07) is 4.73. The Morgan fingerprint density at radius 3 is 2.79 bits per heavy atom. The van der Waals surface area contributed by atoms with Crippen LogP contribution in [0.3, 0.4) is 0 Å². The van der Waals surface area contributed by atoms with Crippen molar-refractivity contribution in [1.29, 1.82) is 0 Å². The second-order valence-electron chi connectivity index (χ2n) is 6.76. The number of nitrogens with zero attached hydrogens (tertiary/aromatic N) is 4. The average molecular weight is 385 g/mol. The average Bonchev–Trinajstić information content (AvgIpc) is 2.76. The molecule has 0 spiro atoms. The Morgan fingerprint density at radius 1 is 1.25 bits per heavy atom. The van der Waals surface area contributed by atoms with Gasteiger partial charge in [0.2, 0.25) is 5.95 Å². The van der Waals surface area contributed by atoms with Gasteiger partial charge in [-0.05, 0) is 43.6 Å². The van der Waals surface area contributed by atoms with Gasteiger partial charge in [-0.25, -0.2) is 19.3 Å². The van der Waals surface area contributed by atoms with E-state index in [1.807, 2.05) is 19.9 Å². The van der Waals surface area contributed by atoms with Gasteiger partial charge in [-0.15, -0.1) is 0 Å². The Morgan fingerprint density at radius 2 is 2.04 bits per heavy atom. The number of fused-ring (bicyclic) bond motifs is 1. The van der Waals surface area contributed by atoms with Crippen molar-refractivity contribution in [2.45, 2.75) is 45.7 Å². The van der Waals surface area contributed by atoms with Gasteiger partial charge in [0.15, 0.2) is 5.82 Å². The minimum absolute atomic E-state index is 0.179. The molecule has 0 amide bonds. The van der Waals surface area contributed by atoms with Gasteiger partial charge in [0.1, 0.15) is 11.5 Å². The summed E-state index contributed by atoms with van der Waals surface area (Å²) in [5.74, 6) is 0.517. The lowest BCUT2D eigenvalue weighted by atomic mass is 9.99. The zero-order chi connectivity index (χ0) is 19.9. The highest BCUT2D eigenvalue weighted by atomic mass is 19.1. The Kier molecular flexibility index (Phi) is 7.06. The van der Waals surface area contributed by atoms with Crippen LogP contribution in [0.1, 0.15) is 43.6 Å². The molecule has 0 saturated carbocycles. The van der Waals surface area contributed by atoms with Crippen molar-refractivity contribution >= 4 is 17.8 Å². The number of anilines is 2. The molecule has 2 aromatic rings. The molecule has 7 heteroatoms. The van der Waals surface area contributed by atoms with E-state index in [0.717, 1.165) is 44.5 Å². The highest BCUT2D eigenvalue weighted by Gasteiger charge is 2.25. The van der Waals surface area contributed by atoms with E-state index >= 15 is 0 Å². The van der Waals surface area contributed by atoms with Gasteiger partial charge in [-0.2, -0.15) is 0 Å². The Labute approximate surface area is 166 Å². The predicted octanol–water partition coefficient (Wildman–Crippen LogP) is 3.53. The predicted molar refractivity (Wildman–Crippen MR) is 111 cm³/mol. The molecule has 4 heterocycles. The highest BCUT2D eigenvalue weighted by molar-refractivity contribution is 5.52. The summed E-state index contributed by atoms with van der Waals surface area (Å²) in [7, 11) is 0. The molecule has 4 rings (SSSR count).